The van der Waals surface area contributed by atoms with Crippen molar-refractivity contribution in [3.05, 3.63) is 28.8 Å². The highest BCUT2D eigenvalue weighted by atomic mass is 35.5. The molecule has 2 aliphatic rings. The van der Waals surface area contributed by atoms with Crippen molar-refractivity contribution in [3.8, 4) is 0 Å². The van der Waals surface area contributed by atoms with Gasteiger partial charge in [0.2, 0.25) is 5.91 Å². The van der Waals surface area contributed by atoms with Gasteiger partial charge in [-0.25, -0.2) is 4.79 Å². The number of anilines is 1. The van der Waals surface area contributed by atoms with Gasteiger partial charge in [-0.2, -0.15) is 13.2 Å². The monoisotopic (exact) mass is 434 g/mol. The van der Waals surface area contributed by atoms with Crippen molar-refractivity contribution < 1.29 is 27.5 Å². The van der Waals surface area contributed by atoms with Gasteiger partial charge in [0.05, 0.1) is 30.3 Å². The van der Waals surface area contributed by atoms with Crippen LogP contribution in [-0.2, 0) is 15.7 Å². The Hall–Kier alpha value is -2.04. The van der Waals surface area contributed by atoms with Crippen LogP contribution >= 0.6 is 11.6 Å². The topological polar surface area (TPSA) is 65.1 Å². The van der Waals surface area contributed by atoms with E-state index in [2.05, 4.69) is 5.32 Å². The highest BCUT2D eigenvalue weighted by Crippen LogP contribution is 2.36. The second-order valence-corrected chi connectivity index (χ2v) is 7.29. The fourth-order valence-electron chi connectivity index (χ4n) is 3.24. The first-order chi connectivity index (χ1) is 13.7. The molecule has 160 valence electrons. The number of hydrogen-bond donors (Lipinski definition) is 1. The zero-order chi connectivity index (χ0) is 21.0. The van der Waals surface area contributed by atoms with Crippen LogP contribution in [-0.4, -0.2) is 85.7 Å². The molecule has 2 saturated heterocycles. The van der Waals surface area contributed by atoms with Gasteiger partial charge in [-0.3, -0.25) is 9.69 Å². The van der Waals surface area contributed by atoms with E-state index in [1.54, 1.807) is 4.90 Å². The Balaban J connectivity index is 1.49. The molecule has 0 aliphatic carbocycles. The van der Waals surface area contributed by atoms with Gasteiger partial charge in [0, 0.05) is 45.0 Å². The molecule has 1 N–H and O–H groups in total. The summed E-state index contributed by atoms with van der Waals surface area (Å²) in [7, 11) is 0. The minimum absolute atomic E-state index is 0.0247. The summed E-state index contributed by atoms with van der Waals surface area (Å²) in [5.41, 5.74) is -0.972. The fourth-order valence-corrected chi connectivity index (χ4v) is 3.46. The Labute approximate surface area is 171 Å². The number of rotatable bonds is 3. The molecule has 1 aromatic carbocycles. The van der Waals surface area contributed by atoms with E-state index in [9.17, 15) is 22.8 Å². The van der Waals surface area contributed by atoms with Crippen LogP contribution in [0.15, 0.2) is 18.2 Å². The maximum Gasteiger partial charge on any atom is 0.417 e. The van der Waals surface area contributed by atoms with Crippen LogP contribution in [0.1, 0.15) is 5.56 Å². The average molecular weight is 435 g/mol. The number of alkyl halides is 3. The number of benzene rings is 1. The van der Waals surface area contributed by atoms with E-state index < -0.39 is 22.8 Å². The molecule has 3 amide bonds. The quantitative estimate of drug-likeness (QED) is 0.793. The maximum atomic E-state index is 13.0. The molecule has 29 heavy (non-hydrogen) atoms. The minimum atomic E-state index is -4.60. The summed E-state index contributed by atoms with van der Waals surface area (Å²) in [5, 5.41) is 2.06. The highest BCUT2D eigenvalue weighted by Gasteiger charge is 2.33. The number of nitrogens with one attached hydrogen (secondary N) is 1. The first-order valence-corrected chi connectivity index (χ1v) is 9.62. The first-order valence-electron chi connectivity index (χ1n) is 9.24. The van der Waals surface area contributed by atoms with Gasteiger partial charge < -0.3 is 19.9 Å². The van der Waals surface area contributed by atoms with E-state index in [4.69, 9.17) is 16.3 Å². The lowest BCUT2D eigenvalue weighted by atomic mass is 10.2. The smallest absolute Gasteiger partial charge is 0.378 e. The number of piperazine rings is 1. The van der Waals surface area contributed by atoms with Crippen LogP contribution in [0.4, 0.5) is 23.7 Å². The predicted octanol–water partition coefficient (Wildman–Crippen LogP) is 2.37. The summed E-state index contributed by atoms with van der Waals surface area (Å²) in [6.45, 7) is 4.31. The van der Waals surface area contributed by atoms with E-state index in [1.807, 2.05) is 4.90 Å². The van der Waals surface area contributed by atoms with Crippen molar-refractivity contribution in [2.45, 2.75) is 6.18 Å². The number of morpholine rings is 1. The number of ether oxygens (including phenoxy) is 1. The van der Waals surface area contributed by atoms with Gasteiger partial charge in [-0.05, 0) is 18.2 Å². The molecule has 2 fully saturated rings. The van der Waals surface area contributed by atoms with Gasteiger partial charge in [-0.15, -0.1) is 0 Å². The van der Waals surface area contributed by atoms with Crippen LogP contribution < -0.4 is 5.32 Å². The molecular weight excluding hydrogens is 413 g/mol. The Morgan fingerprint density at radius 2 is 1.69 bits per heavy atom. The standard InChI is InChI=1S/C18H22ClF3N4O3/c19-15-2-1-13(11-14(15)18(20,21)22)23-17(28)26-5-3-24(4-6-26)12-16(27)25-7-9-29-10-8-25/h1-2,11H,3-10,12H2,(H,23,28). The summed E-state index contributed by atoms with van der Waals surface area (Å²) in [6, 6.07) is 2.76. The molecule has 0 atom stereocenters. The molecule has 7 nitrogen and oxygen atoms in total. The van der Waals surface area contributed by atoms with E-state index in [0.717, 1.165) is 12.1 Å². The average Bonchev–Trinajstić information content (AvgIpc) is 2.69. The number of hydrogen-bond acceptors (Lipinski definition) is 4. The molecule has 0 bridgehead atoms. The molecule has 2 heterocycles. The number of halogens is 4. The van der Waals surface area contributed by atoms with Gasteiger partial charge >= 0.3 is 12.2 Å². The van der Waals surface area contributed by atoms with E-state index >= 15 is 0 Å². The van der Waals surface area contributed by atoms with Crippen LogP contribution in [0.5, 0.6) is 0 Å². The molecular formula is C18H22ClF3N4O3. The van der Waals surface area contributed by atoms with Crippen LogP contribution in [0.25, 0.3) is 0 Å². The van der Waals surface area contributed by atoms with E-state index in [0.29, 0.717) is 52.5 Å². The lowest BCUT2D eigenvalue weighted by molar-refractivity contribution is -0.138. The normalized spacial score (nSPS) is 18.6. The number of carbonyl (C=O) groups is 2. The number of nitrogens with zero attached hydrogens (tertiary/aromatic N) is 3. The highest BCUT2D eigenvalue weighted by molar-refractivity contribution is 6.31. The molecule has 1 aromatic rings. The van der Waals surface area contributed by atoms with Crippen molar-refractivity contribution >= 4 is 29.2 Å². The fraction of sp³-hybridized carbons (Fsp3) is 0.556. The summed E-state index contributed by atoms with van der Waals surface area (Å²) in [4.78, 5) is 29.9. The van der Waals surface area contributed by atoms with Crippen molar-refractivity contribution in [2.24, 2.45) is 0 Å². The van der Waals surface area contributed by atoms with Crippen molar-refractivity contribution in [1.82, 2.24) is 14.7 Å². The Morgan fingerprint density at radius 1 is 1.03 bits per heavy atom. The Kier molecular flexibility index (Phi) is 6.86. The molecule has 2 aliphatic heterocycles. The van der Waals surface area contributed by atoms with Gasteiger partial charge in [0.15, 0.2) is 0 Å². The number of urea groups is 1. The lowest BCUT2D eigenvalue weighted by Crippen LogP contribution is -2.53. The Bertz CT molecular complexity index is 748. The Morgan fingerprint density at radius 3 is 2.31 bits per heavy atom. The van der Waals surface area contributed by atoms with Crippen LogP contribution in [0.3, 0.4) is 0 Å². The third kappa shape index (κ3) is 5.74. The van der Waals surface area contributed by atoms with E-state index in [1.165, 1.54) is 11.0 Å². The van der Waals surface area contributed by atoms with Crippen molar-refractivity contribution in [2.75, 3.05) is 64.3 Å². The molecule has 0 saturated carbocycles. The molecule has 0 radical (unpaired) electrons. The molecule has 0 unspecified atom stereocenters. The largest absolute Gasteiger partial charge is 0.417 e. The second-order valence-electron chi connectivity index (χ2n) is 6.88. The number of carbonyl (C=O) groups excluding carboxylic acids is 2. The van der Waals surface area contributed by atoms with Crippen molar-refractivity contribution in [1.29, 1.82) is 0 Å². The van der Waals surface area contributed by atoms with Crippen LogP contribution in [0.2, 0.25) is 5.02 Å². The summed E-state index contributed by atoms with van der Waals surface area (Å²) in [6.07, 6.45) is -4.60. The van der Waals surface area contributed by atoms with Gasteiger partial charge in [-0.1, -0.05) is 11.6 Å². The lowest BCUT2D eigenvalue weighted by Gasteiger charge is -2.36. The first kappa shape index (κ1) is 21.7. The predicted molar refractivity (Wildman–Crippen MR) is 101 cm³/mol. The maximum absolute atomic E-state index is 13.0. The third-order valence-electron chi connectivity index (χ3n) is 4.91. The molecule has 0 aromatic heterocycles. The third-order valence-corrected chi connectivity index (χ3v) is 5.23. The van der Waals surface area contributed by atoms with E-state index in [-0.39, 0.29) is 18.1 Å². The molecule has 0 spiro atoms. The van der Waals surface area contributed by atoms with Gasteiger partial charge in [0.1, 0.15) is 0 Å². The zero-order valence-corrected chi connectivity index (χ0v) is 16.4. The second kappa shape index (κ2) is 9.19. The molecule has 3 rings (SSSR count). The van der Waals surface area contributed by atoms with Crippen molar-refractivity contribution in [3.63, 3.8) is 0 Å². The summed E-state index contributed by atoms with van der Waals surface area (Å²) >= 11 is 5.59. The SMILES string of the molecule is O=C(CN1CCN(C(=O)Nc2ccc(Cl)c(C(F)(F)F)c2)CC1)N1CCOCC1. The minimum Gasteiger partial charge on any atom is -0.378 e. The number of amides is 3. The van der Waals surface area contributed by atoms with Gasteiger partial charge in [0.25, 0.3) is 0 Å². The zero-order valence-electron chi connectivity index (χ0n) is 15.7. The summed E-state index contributed by atoms with van der Waals surface area (Å²) < 4.78 is 44.1. The van der Waals surface area contributed by atoms with Crippen LogP contribution in [0, 0.1) is 0 Å². The molecule has 11 heteroatoms. The summed E-state index contributed by atoms with van der Waals surface area (Å²) in [5.74, 6) is 0.0343.